The van der Waals surface area contributed by atoms with E-state index in [0.29, 0.717) is 5.92 Å². The van der Waals surface area contributed by atoms with E-state index in [1.54, 1.807) is 0 Å². The maximum atomic E-state index is 12.2. The first-order valence-electron chi connectivity index (χ1n) is 13.6. The molecule has 1 saturated carbocycles. The molecular formula is C28H45N3O4. The van der Waals surface area contributed by atoms with Crippen molar-refractivity contribution < 1.29 is 19.8 Å². The molecule has 1 aliphatic carbocycles. The Balaban J connectivity index is 0.000000196. The van der Waals surface area contributed by atoms with Crippen LogP contribution >= 0.6 is 0 Å². The van der Waals surface area contributed by atoms with Crippen LogP contribution in [0.5, 0.6) is 0 Å². The number of likely N-dealkylation sites (tertiary alicyclic amines) is 1. The summed E-state index contributed by atoms with van der Waals surface area (Å²) < 4.78 is 0. The third kappa shape index (κ3) is 7.68. The highest BCUT2D eigenvalue weighted by molar-refractivity contribution is 5.85. The standard InChI is InChI=1S/C16H26N2.C12H19NO4/c1-13(2)12-15(17)14-8-4-5-9-16(14)18-10-6-3-7-11-18;14-9-6-10(12(16)17)13(7-9)11(15)8-4-2-1-3-5-8/h4-5,8-9,13,15H,3,6-7,10-12,17H2,1-2H3;8-10,14H,1-7H2,(H,16,17)/t15-;9?,10-/m00/s1. The van der Waals surface area contributed by atoms with Crippen LogP contribution in [0.3, 0.4) is 0 Å². The number of piperidine rings is 1. The van der Waals surface area contributed by atoms with E-state index in [4.69, 9.17) is 10.8 Å². The molecule has 7 heteroatoms. The Kier molecular flexibility index (Phi) is 10.4. The quantitative estimate of drug-likeness (QED) is 0.551. The molecule has 4 N–H and O–H groups in total. The molecule has 1 unspecified atom stereocenters. The van der Waals surface area contributed by atoms with E-state index in [1.807, 2.05) is 0 Å². The number of aliphatic hydroxyl groups is 1. The molecular weight excluding hydrogens is 442 g/mol. The summed E-state index contributed by atoms with van der Waals surface area (Å²) in [4.78, 5) is 27.1. The lowest BCUT2D eigenvalue weighted by Crippen LogP contribution is -2.44. The summed E-state index contributed by atoms with van der Waals surface area (Å²) in [5, 5.41) is 18.6. The van der Waals surface area contributed by atoms with Crippen molar-refractivity contribution in [1.29, 1.82) is 0 Å². The number of anilines is 1. The molecule has 1 amide bonds. The van der Waals surface area contributed by atoms with Gasteiger partial charge in [-0.3, -0.25) is 4.79 Å². The number of rotatable bonds is 6. The highest BCUT2D eigenvalue weighted by atomic mass is 16.4. The van der Waals surface area contributed by atoms with Gasteiger partial charge in [0.1, 0.15) is 6.04 Å². The van der Waals surface area contributed by atoms with Crippen molar-refractivity contribution >= 4 is 17.6 Å². The molecule has 3 atom stereocenters. The molecule has 35 heavy (non-hydrogen) atoms. The van der Waals surface area contributed by atoms with Crippen LogP contribution in [0.2, 0.25) is 0 Å². The summed E-state index contributed by atoms with van der Waals surface area (Å²) in [5.41, 5.74) is 9.07. The van der Waals surface area contributed by atoms with Crippen molar-refractivity contribution in [2.24, 2.45) is 17.6 Å². The summed E-state index contributed by atoms with van der Waals surface area (Å²) in [6.45, 7) is 7.02. The lowest BCUT2D eigenvalue weighted by atomic mass is 9.88. The third-order valence-corrected chi connectivity index (χ3v) is 7.56. The van der Waals surface area contributed by atoms with Crippen LogP contribution in [0, 0.1) is 11.8 Å². The van der Waals surface area contributed by atoms with Crippen LogP contribution in [0.25, 0.3) is 0 Å². The molecule has 2 aliphatic heterocycles. The minimum Gasteiger partial charge on any atom is -0.480 e. The summed E-state index contributed by atoms with van der Waals surface area (Å²) in [6, 6.07) is 8.03. The highest BCUT2D eigenvalue weighted by Gasteiger charge is 2.41. The van der Waals surface area contributed by atoms with Crippen LogP contribution in [0.4, 0.5) is 5.69 Å². The van der Waals surface area contributed by atoms with Crippen LogP contribution in [0.15, 0.2) is 24.3 Å². The van der Waals surface area contributed by atoms with Crippen LogP contribution < -0.4 is 10.6 Å². The molecule has 0 radical (unpaired) electrons. The van der Waals surface area contributed by atoms with Crippen molar-refractivity contribution in [2.45, 2.75) is 96.2 Å². The average molecular weight is 488 g/mol. The maximum Gasteiger partial charge on any atom is 0.326 e. The fourth-order valence-electron chi connectivity index (χ4n) is 5.73. The first-order valence-corrected chi connectivity index (χ1v) is 13.6. The van der Waals surface area contributed by atoms with Gasteiger partial charge in [0.15, 0.2) is 0 Å². The molecule has 4 rings (SSSR count). The van der Waals surface area contributed by atoms with E-state index >= 15 is 0 Å². The van der Waals surface area contributed by atoms with Crippen LogP contribution in [0.1, 0.15) is 89.7 Å². The smallest absolute Gasteiger partial charge is 0.326 e. The van der Waals surface area contributed by atoms with Gasteiger partial charge in [0.2, 0.25) is 5.91 Å². The van der Waals surface area contributed by atoms with Gasteiger partial charge in [0, 0.05) is 43.7 Å². The van der Waals surface area contributed by atoms with Gasteiger partial charge in [-0.1, -0.05) is 51.3 Å². The lowest BCUT2D eigenvalue weighted by Gasteiger charge is -2.32. The Labute approximate surface area is 210 Å². The number of para-hydroxylation sites is 1. The molecule has 2 saturated heterocycles. The Morgan fingerprint density at radius 3 is 2.29 bits per heavy atom. The zero-order valence-electron chi connectivity index (χ0n) is 21.6. The second-order valence-electron chi connectivity index (χ2n) is 10.9. The first kappa shape index (κ1) is 27.5. The zero-order chi connectivity index (χ0) is 25.4. The van der Waals surface area contributed by atoms with Crippen molar-refractivity contribution in [3.63, 3.8) is 0 Å². The second-order valence-corrected chi connectivity index (χ2v) is 10.9. The number of β-amino-alcohol motifs (C(OH)–C–C–N with tert-alkyl or cyclic N) is 1. The molecule has 3 aliphatic rings. The molecule has 0 bridgehead atoms. The highest BCUT2D eigenvalue weighted by Crippen LogP contribution is 2.31. The Hall–Kier alpha value is -2.12. The SMILES string of the molecule is CC(C)C[C@H](N)c1ccccc1N1CCCCC1.O=C(O)[C@@H]1CC(O)CN1C(=O)C1CCCCC1. The topological polar surface area (TPSA) is 107 Å². The Bertz CT molecular complexity index is 818. The molecule has 1 aromatic carbocycles. The van der Waals surface area contributed by atoms with Gasteiger partial charge in [-0.05, 0) is 56.1 Å². The zero-order valence-corrected chi connectivity index (χ0v) is 21.6. The Morgan fingerprint density at radius 1 is 1.03 bits per heavy atom. The Morgan fingerprint density at radius 2 is 1.66 bits per heavy atom. The number of aliphatic hydroxyl groups excluding tert-OH is 1. The number of aliphatic carboxylic acids is 1. The third-order valence-electron chi connectivity index (χ3n) is 7.56. The fourth-order valence-corrected chi connectivity index (χ4v) is 5.73. The van der Waals surface area contributed by atoms with Gasteiger partial charge in [-0.2, -0.15) is 0 Å². The minimum atomic E-state index is -1.01. The van der Waals surface area contributed by atoms with Gasteiger partial charge < -0.3 is 25.7 Å². The van der Waals surface area contributed by atoms with Crippen molar-refractivity contribution in [2.75, 3.05) is 24.5 Å². The molecule has 0 spiro atoms. The predicted octanol–water partition coefficient (Wildman–Crippen LogP) is 4.34. The number of benzene rings is 1. The number of hydrogen-bond acceptors (Lipinski definition) is 5. The summed E-state index contributed by atoms with van der Waals surface area (Å²) in [7, 11) is 0. The largest absolute Gasteiger partial charge is 0.480 e. The number of nitrogens with two attached hydrogens (primary N) is 1. The van der Waals surface area contributed by atoms with E-state index in [2.05, 4.69) is 43.0 Å². The lowest BCUT2D eigenvalue weighted by molar-refractivity contribution is -0.150. The van der Waals surface area contributed by atoms with Crippen molar-refractivity contribution in [3.8, 4) is 0 Å². The number of carbonyl (C=O) groups is 2. The average Bonchev–Trinajstić information content (AvgIpc) is 3.26. The first-order chi connectivity index (χ1) is 16.8. The summed E-state index contributed by atoms with van der Waals surface area (Å²) >= 11 is 0. The van der Waals surface area contributed by atoms with Crippen molar-refractivity contribution in [3.05, 3.63) is 29.8 Å². The maximum absolute atomic E-state index is 12.2. The monoisotopic (exact) mass is 487 g/mol. The minimum absolute atomic E-state index is 0.0316. The molecule has 1 aromatic rings. The number of amides is 1. The molecule has 2 heterocycles. The predicted molar refractivity (Wildman–Crippen MR) is 139 cm³/mol. The number of hydrogen-bond donors (Lipinski definition) is 3. The second kappa shape index (κ2) is 13.3. The van der Waals surface area contributed by atoms with E-state index < -0.39 is 18.1 Å². The van der Waals surface area contributed by atoms with E-state index in [1.165, 1.54) is 48.5 Å². The van der Waals surface area contributed by atoms with Gasteiger partial charge >= 0.3 is 5.97 Å². The number of nitrogens with zero attached hydrogens (tertiary/aromatic N) is 2. The normalized spacial score (nSPS) is 24.1. The van der Waals surface area contributed by atoms with E-state index in [0.717, 1.165) is 38.5 Å². The number of carbonyl (C=O) groups excluding carboxylic acids is 1. The van der Waals surface area contributed by atoms with Gasteiger partial charge in [-0.15, -0.1) is 0 Å². The summed E-state index contributed by atoms with van der Waals surface area (Å²) in [6.07, 6.45) is 9.50. The van der Waals surface area contributed by atoms with E-state index in [9.17, 15) is 14.7 Å². The fraction of sp³-hybridized carbons (Fsp3) is 0.714. The van der Waals surface area contributed by atoms with Crippen LogP contribution in [-0.2, 0) is 9.59 Å². The molecule has 7 nitrogen and oxygen atoms in total. The van der Waals surface area contributed by atoms with Crippen LogP contribution in [-0.4, -0.2) is 58.8 Å². The van der Waals surface area contributed by atoms with Gasteiger partial charge in [-0.25, -0.2) is 4.79 Å². The number of carboxylic acid groups (broad SMARTS) is 1. The summed E-state index contributed by atoms with van der Waals surface area (Å²) in [5.74, 6) is -0.468. The molecule has 3 fully saturated rings. The molecule has 0 aromatic heterocycles. The van der Waals surface area contributed by atoms with Crippen molar-refractivity contribution in [1.82, 2.24) is 4.90 Å². The number of carboxylic acids is 1. The van der Waals surface area contributed by atoms with Gasteiger partial charge in [0.05, 0.1) is 6.10 Å². The van der Waals surface area contributed by atoms with E-state index in [-0.39, 0.29) is 30.8 Å². The van der Waals surface area contributed by atoms with Gasteiger partial charge in [0.25, 0.3) is 0 Å². The molecule has 196 valence electrons.